The van der Waals surface area contributed by atoms with Crippen LogP contribution in [0.25, 0.3) is 0 Å². The average molecular weight is 312 g/mol. The molecule has 0 fully saturated rings. The average Bonchev–Trinajstić information content (AvgIpc) is 2.89. The maximum absolute atomic E-state index is 12.4. The molecule has 1 atom stereocenters. The Balaban J connectivity index is 1.84. The van der Waals surface area contributed by atoms with E-state index in [0.717, 1.165) is 18.4 Å². The molecule has 1 unspecified atom stereocenters. The molecule has 1 aliphatic rings. The van der Waals surface area contributed by atoms with Crippen LogP contribution in [0.3, 0.4) is 0 Å². The number of fused-ring (bicyclic) bond motifs is 1. The maximum atomic E-state index is 12.4. The maximum Gasteiger partial charge on any atom is 0.274 e. The molecule has 0 saturated carbocycles. The first-order chi connectivity index (χ1) is 11.2. The van der Waals surface area contributed by atoms with Crippen molar-refractivity contribution in [2.45, 2.75) is 38.8 Å². The lowest BCUT2D eigenvalue weighted by Gasteiger charge is -2.14. The molecule has 3 rings (SSSR count). The van der Waals surface area contributed by atoms with Crippen LogP contribution in [0, 0.1) is 0 Å². The number of carbonyl (C=O) groups is 2. The largest absolute Gasteiger partial charge is 0.339 e. The minimum atomic E-state index is -0.498. The molecule has 0 saturated heterocycles. The van der Waals surface area contributed by atoms with E-state index >= 15 is 0 Å². The highest BCUT2D eigenvalue weighted by molar-refractivity contribution is 6.08. The van der Waals surface area contributed by atoms with Crippen LogP contribution < -0.4 is 10.6 Å². The third-order valence-electron chi connectivity index (χ3n) is 3.96. The third kappa shape index (κ3) is 3.26. The van der Waals surface area contributed by atoms with Gasteiger partial charge in [0.05, 0.1) is 12.9 Å². The van der Waals surface area contributed by atoms with E-state index in [1.165, 1.54) is 0 Å². The van der Waals surface area contributed by atoms with E-state index in [9.17, 15) is 9.59 Å². The van der Waals surface area contributed by atoms with Crippen molar-refractivity contribution in [3.05, 3.63) is 47.9 Å². The molecule has 2 heterocycles. The van der Waals surface area contributed by atoms with Gasteiger partial charge >= 0.3 is 0 Å². The number of nitrogens with zero attached hydrogens (tertiary/aromatic N) is 2. The Hall–Kier alpha value is -2.63. The standard InChI is InChI=1S/C17H20N4O2/c1-2-3-9-13-16(22)20-15-14(17(23)19-13)18-11-21(15)10-12-7-5-4-6-8-12/h4-8,11,13H,2-3,9-10H2,1H3,(H,19,23)(H,20,22). The van der Waals surface area contributed by atoms with Crippen molar-refractivity contribution in [1.29, 1.82) is 0 Å². The summed E-state index contributed by atoms with van der Waals surface area (Å²) < 4.78 is 1.80. The number of rotatable bonds is 5. The van der Waals surface area contributed by atoms with Gasteiger partial charge in [-0.2, -0.15) is 0 Å². The topological polar surface area (TPSA) is 76.0 Å². The summed E-state index contributed by atoms with van der Waals surface area (Å²) in [5.74, 6) is -0.0121. The highest BCUT2D eigenvalue weighted by atomic mass is 16.2. The quantitative estimate of drug-likeness (QED) is 0.888. The number of anilines is 1. The van der Waals surface area contributed by atoms with E-state index in [1.54, 1.807) is 10.9 Å². The van der Waals surface area contributed by atoms with Crippen molar-refractivity contribution in [3.8, 4) is 0 Å². The second kappa shape index (κ2) is 6.64. The minimum Gasteiger partial charge on any atom is -0.339 e. The summed E-state index contributed by atoms with van der Waals surface area (Å²) in [6.07, 6.45) is 4.09. The van der Waals surface area contributed by atoms with E-state index in [4.69, 9.17) is 0 Å². The van der Waals surface area contributed by atoms with Crippen LogP contribution in [-0.4, -0.2) is 27.4 Å². The molecule has 2 amide bonds. The number of carbonyl (C=O) groups excluding carboxylic acids is 2. The smallest absolute Gasteiger partial charge is 0.274 e. The first kappa shape index (κ1) is 15.3. The van der Waals surface area contributed by atoms with Gasteiger partial charge in [-0.1, -0.05) is 50.1 Å². The summed E-state index contributed by atoms with van der Waals surface area (Å²) in [5, 5.41) is 5.63. The van der Waals surface area contributed by atoms with Crippen molar-refractivity contribution < 1.29 is 9.59 Å². The van der Waals surface area contributed by atoms with E-state index in [2.05, 4.69) is 22.5 Å². The molecule has 2 N–H and O–H groups in total. The molecule has 0 aliphatic carbocycles. The Morgan fingerprint density at radius 1 is 1.22 bits per heavy atom. The second-order valence-electron chi connectivity index (χ2n) is 5.71. The number of imidazole rings is 1. The molecule has 1 aromatic carbocycles. The van der Waals surface area contributed by atoms with Crippen LogP contribution in [0.15, 0.2) is 36.7 Å². The van der Waals surface area contributed by atoms with Crippen molar-refractivity contribution >= 4 is 17.6 Å². The number of hydrogen-bond donors (Lipinski definition) is 2. The summed E-state index contributed by atoms with van der Waals surface area (Å²) in [6.45, 7) is 2.61. The third-order valence-corrected chi connectivity index (χ3v) is 3.96. The Morgan fingerprint density at radius 2 is 2.00 bits per heavy atom. The Labute approximate surface area is 134 Å². The SMILES string of the molecule is CCCCC1NC(=O)c2ncn(Cc3ccccc3)c2NC1=O. The minimum absolute atomic E-state index is 0.180. The molecule has 1 aliphatic heterocycles. The zero-order valence-corrected chi connectivity index (χ0v) is 13.1. The van der Waals surface area contributed by atoms with Crippen LogP contribution in [-0.2, 0) is 11.3 Å². The van der Waals surface area contributed by atoms with Crippen LogP contribution in [0.4, 0.5) is 5.82 Å². The van der Waals surface area contributed by atoms with E-state index in [1.807, 2.05) is 30.3 Å². The summed E-state index contributed by atoms with van der Waals surface area (Å²) >= 11 is 0. The van der Waals surface area contributed by atoms with Gasteiger partial charge in [0.1, 0.15) is 11.9 Å². The molecule has 0 bridgehead atoms. The van der Waals surface area contributed by atoms with Gasteiger partial charge in [-0.15, -0.1) is 0 Å². The van der Waals surface area contributed by atoms with Gasteiger partial charge in [-0.25, -0.2) is 4.98 Å². The van der Waals surface area contributed by atoms with Gasteiger partial charge in [-0.3, -0.25) is 9.59 Å². The normalized spacial score (nSPS) is 17.2. The van der Waals surface area contributed by atoms with Crippen molar-refractivity contribution in [1.82, 2.24) is 14.9 Å². The summed E-state index contributed by atoms with van der Waals surface area (Å²) in [6, 6.07) is 9.35. The molecule has 0 spiro atoms. The second-order valence-corrected chi connectivity index (χ2v) is 5.71. The zero-order chi connectivity index (χ0) is 16.2. The van der Waals surface area contributed by atoms with Gasteiger partial charge in [0.25, 0.3) is 5.91 Å². The van der Waals surface area contributed by atoms with Crippen molar-refractivity contribution in [2.24, 2.45) is 0 Å². The van der Waals surface area contributed by atoms with Crippen molar-refractivity contribution in [3.63, 3.8) is 0 Å². The van der Waals surface area contributed by atoms with Gasteiger partial charge in [0.2, 0.25) is 5.91 Å². The van der Waals surface area contributed by atoms with Crippen LogP contribution in [0.5, 0.6) is 0 Å². The van der Waals surface area contributed by atoms with Crippen LogP contribution in [0.1, 0.15) is 42.2 Å². The van der Waals surface area contributed by atoms with E-state index in [0.29, 0.717) is 18.8 Å². The fourth-order valence-electron chi connectivity index (χ4n) is 2.69. The summed E-state index contributed by atoms with van der Waals surface area (Å²) in [7, 11) is 0. The molecule has 6 nitrogen and oxygen atoms in total. The van der Waals surface area contributed by atoms with Gasteiger partial charge in [0.15, 0.2) is 5.69 Å². The number of aromatic nitrogens is 2. The molecular weight excluding hydrogens is 292 g/mol. The monoisotopic (exact) mass is 312 g/mol. The lowest BCUT2D eigenvalue weighted by molar-refractivity contribution is -0.118. The lowest BCUT2D eigenvalue weighted by atomic mass is 10.1. The van der Waals surface area contributed by atoms with E-state index < -0.39 is 6.04 Å². The number of amides is 2. The number of unbranched alkanes of at least 4 members (excludes halogenated alkanes) is 1. The summed E-state index contributed by atoms with van der Waals surface area (Å²) in [4.78, 5) is 28.9. The number of nitrogens with one attached hydrogen (secondary N) is 2. The zero-order valence-electron chi connectivity index (χ0n) is 13.1. The number of hydrogen-bond acceptors (Lipinski definition) is 3. The highest BCUT2D eigenvalue weighted by Gasteiger charge is 2.30. The van der Waals surface area contributed by atoms with Crippen LogP contribution >= 0.6 is 0 Å². The van der Waals surface area contributed by atoms with Gasteiger partial charge < -0.3 is 15.2 Å². The Morgan fingerprint density at radius 3 is 2.74 bits per heavy atom. The van der Waals surface area contributed by atoms with Crippen LogP contribution in [0.2, 0.25) is 0 Å². The molecule has 1 aromatic heterocycles. The first-order valence-corrected chi connectivity index (χ1v) is 7.90. The fourth-order valence-corrected chi connectivity index (χ4v) is 2.69. The number of benzene rings is 1. The molecule has 0 radical (unpaired) electrons. The van der Waals surface area contributed by atoms with E-state index in [-0.39, 0.29) is 17.5 Å². The Bertz CT molecular complexity index is 709. The fraction of sp³-hybridized carbons (Fsp3) is 0.353. The molecular formula is C17H20N4O2. The van der Waals surface area contributed by atoms with Gasteiger partial charge in [0, 0.05) is 0 Å². The summed E-state index contributed by atoms with van der Waals surface area (Å²) in [5.41, 5.74) is 1.35. The molecule has 23 heavy (non-hydrogen) atoms. The van der Waals surface area contributed by atoms with Gasteiger partial charge in [-0.05, 0) is 12.0 Å². The molecule has 6 heteroatoms. The predicted octanol–water partition coefficient (Wildman–Crippen LogP) is 2.17. The Kier molecular flexibility index (Phi) is 4.41. The first-order valence-electron chi connectivity index (χ1n) is 7.90. The predicted molar refractivity (Wildman–Crippen MR) is 87.2 cm³/mol. The lowest BCUT2D eigenvalue weighted by Crippen LogP contribution is -2.41. The molecule has 2 aromatic rings. The molecule has 120 valence electrons. The van der Waals surface area contributed by atoms with Crippen molar-refractivity contribution in [2.75, 3.05) is 5.32 Å². The highest BCUT2D eigenvalue weighted by Crippen LogP contribution is 2.20.